The molecule has 0 amide bonds. The number of hydrogen-bond acceptors (Lipinski definition) is 6. The molecule has 0 bridgehead atoms. The van der Waals surface area contributed by atoms with Crippen LogP contribution in [0.4, 0.5) is 5.69 Å². The fourth-order valence-electron chi connectivity index (χ4n) is 5.17. The fourth-order valence-corrected chi connectivity index (χ4v) is 7.91. The minimum absolute atomic E-state index is 0.222. The Balaban J connectivity index is 1.47. The van der Waals surface area contributed by atoms with E-state index in [4.69, 9.17) is 4.74 Å². The zero-order valence-corrected chi connectivity index (χ0v) is 25.3. The molecule has 0 saturated carbocycles. The number of aromatic nitrogens is 1. The van der Waals surface area contributed by atoms with Crippen LogP contribution in [0.3, 0.4) is 0 Å². The molecular weight excluding hydrogens is 561 g/mol. The highest BCUT2D eigenvalue weighted by atomic mass is 32.2. The summed E-state index contributed by atoms with van der Waals surface area (Å²) in [5, 5.41) is 2.36. The number of para-hydroxylation sites is 2. The number of nitrogens with zero attached hydrogens (tertiary/aromatic N) is 2. The van der Waals surface area contributed by atoms with Gasteiger partial charge in [-0.25, -0.2) is 0 Å². The van der Waals surface area contributed by atoms with Crippen molar-refractivity contribution in [2.24, 2.45) is 0 Å². The van der Waals surface area contributed by atoms with E-state index < -0.39 is 10.1 Å². The highest BCUT2D eigenvalue weighted by Gasteiger charge is 2.24. The predicted molar refractivity (Wildman–Crippen MR) is 166 cm³/mol. The smallest absolute Gasteiger partial charge is 0.264 e. The van der Waals surface area contributed by atoms with Crippen LogP contribution in [-0.2, 0) is 21.4 Å². The molecule has 2 aliphatic rings. The van der Waals surface area contributed by atoms with E-state index in [0.29, 0.717) is 0 Å². The average Bonchev–Trinajstić information content (AvgIpc) is 3.50. The number of rotatable bonds is 10. The topological polar surface area (TPSA) is 70.7 Å². The van der Waals surface area contributed by atoms with E-state index in [2.05, 4.69) is 96.1 Å². The van der Waals surface area contributed by atoms with E-state index in [1.807, 2.05) is 0 Å². The number of benzene rings is 2. The number of fused-ring (bicyclic) bond motifs is 2. The summed E-state index contributed by atoms with van der Waals surface area (Å²) >= 11 is 3.55. The number of anilines is 1. The van der Waals surface area contributed by atoms with Crippen molar-refractivity contribution < 1.29 is 22.3 Å². The van der Waals surface area contributed by atoms with Crippen LogP contribution in [-0.4, -0.2) is 31.9 Å². The Labute approximate surface area is 245 Å². The van der Waals surface area contributed by atoms with Crippen molar-refractivity contribution in [1.82, 2.24) is 0 Å². The first-order valence-electron chi connectivity index (χ1n) is 13.7. The largest absolute Gasteiger partial charge is 0.493 e. The summed E-state index contributed by atoms with van der Waals surface area (Å²) in [5.41, 5.74) is 4.68. The molecule has 2 heterocycles. The molecule has 0 unspecified atom stereocenters. The second-order valence-electron chi connectivity index (χ2n) is 9.69. The van der Waals surface area contributed by atoms with E-state index in [1.165, 1.54) is 30.8 Å². The lowest BCUT2D eigenvalue weighted by Crippen LogP contribution is -2.33. The third kappa shape index (κ3) is 6.54. The van der Waals surface area contributed by atoms with Gasteiger partial charge in [0.05, 0.1) is 23.1 Å². The molecule has 9 heteroatoms. The van der Waals surface area contributed by atoms with E-state index in [1.54, 1.807) is 23.1 Å². The van der Waals surface area contributed by atoms with Gasteiger partial charge in [-0.15, -0.1) is 0 Å². The first-order chi connectivity index (χ1) is 19.4. The van der Waals surface area contributed by atoms with E-state index in [-0.39, 0.29) is 18.8 Å². The summed E-state index contributed by atoms with van der Waals surface area (Å²) < 4.78 is 41.5. The van der Waals surface area contributed by atoms with Crippen LogP contribution in [0.1, 0.15) is 44.5 Å². The van der Waals surface area contributed by atoms with Crippen LogP contribution < -0.4 is 9.47 Å². The molecule has 3 aromatic rings. The Morgan fingerprint density at radius 1 is 1.05 bits per heavy atom. The molecule has 1 N–H and O–H groups in total. The highest BCUT2D eigenvalue weighted by Crippen LogP contribution is 2.45. The predicted octanol–water partition coefficient (Wildman–Crippen LogP) is 7.35. The van der Waals surface area contributed by atoms with Gasteiger partial charge in [0.1, 0.15) is 17.0 Å². The van der Waals surface area contributed by atoms with Gasteiger partial charge in [-0.05, 0) is 81.0 Å². The number of hydrogen-bond donors (Lipinski definition) is 1. The molecule has 0 spiro atoms. The van der Waals surface area contributed by atoms with Gasteiger partial charge in [0.15, 0.2) is 0 Å². The van der Waals surface area contributed by atoms with E-state index in [0.717, 1.165) is 49.3 Å². The van der Waals surface area contributed by atoms with Crippen molar-refractivity contribution >= 4 is 55.2 Å². The van der Waals surface area contributed by atoms with Gasteiger partial charge in [0.25, 0.3) is 15.1 Å². The molecule has 40 heavy (non-hydrogen) atoms. The number of aryl methyl sites for hydroxylation is 1. The quantitative estimate of drug-likeness (QED) is 0.150. The molecular formula is C31H35N2O4S3+. The summed E-state index contributed by atoms with van der Waals surface area (Å²) in [7, 11) is -4.02. The Hall–Kier alpha value is -2.85. The molecule has 6 nitrogen and oxygen atoms in total. The van der Waals surface area contributed by atoms with Gasteiger partial charge in [0.2, 0.25) is 5.52 Å². The van der Waals surface area contributed by atoms with Crippen LogP contribution >= 0.6 is 23.1 Å². The summed E-state index contributed by atoms with van der Waals surface area (Å²) in [5.74, 6) is 0.509. The Kier molecular flexibility index (Phi) is 9.15. The van der Waals surface area contributed by atoms with Crippen molar-refractivity contribution in [3.8, 4) is 0 Å². The molecule has 210 valence electrons. The van der Waals surface area contributed by atoms with Gasteiger partial charge in [-0.3, -0.25) is 4.55 Å². The minimum Gasteiger partial charge on any atom is -0.493 e. The van der Waals surface area contributed by atoms with Gasteiger partial charge in [-0.1, -0.05) is 53.4 Å². The van der Waals surface area contributed by atoms with Gasteiger partial charge >= 0.3 is 0 Å². The lowest BCUT2D eigenvalue weighted by atomic mass is 9.92. The van der Waals surface area contributed by atoms with E-state index >= 15 is 0 Å². The maximum Gasteiger partial charge on any atom is 0.264 e. The van der Waals surface area contributed by atoms with E-state index in [9.17, 15) is 13.0 Å². The zero-order valence-electron chi connectivity index (χ0n) is 22.9. The molecule has 2 aromatic carbocycles. The second kappa shape index (κ2) is 12.8. The van der Waals surface area contributed by atoms with Crippen molar-refractivity contribution in [3.05, 3.63) is 93.7 Å². The van der Waals surface area contributed by atoms with Crippen molar-refractivity contribution in [2.75, 3.05) is 23.8 Å². The number of ether oxygens (including phenoxy) is 1. The molecule has 5 rings (SSSR count). The SMILES string of the molecule is CCN1C(=CC=C2CCCC(C=Cc3sc4ccccc4[n+]3CC)=C2OCCCS(=O)(=O)O)Sc2ccccc21. The van der Waals surface area contributed by atoms with Gasteiger partial charge in [0, 0.05) is 23.6 Å². The fraction of sp³-hybridized carbons (Fsp3) is 0.323. The molecule has 0 saturated heterocycles. The zero-order chi connectivity index (χ0) is 28.1. The monoisotopic (exact) mass is 595 g/mol. The minimum atomic E-state index is -4.02. The van der Waals surface area contributed by atoms with Crippen molar-refractivity contribution in [2.45, 2.75) is 51.0 Å². The molecule has 1 aromatic heterocycles. The first-order valence-corrected chi connectivity index (χ1v) is 17.0. The lowest BCUT2D eigenvalue weighted by molar-refractivity contribution is -0.665. The third-order valence-corrected chi connectivity index (χ3v) is 10.1. The van der Waals surface area contributed by atoms with Crippen LogP contribution in [0.25, 0.3) is 16.3 Å². The standard InChI is InChI=1S/C31H34N2O4S3/c1-3-32-25-13-5-7-15-27(25)38-29(32)19-17-23-11-9-12-24(31(23)37-21-10-22-40(34,35)36)18-20-30-33(4-2)26-14-6-8-16-28(26)39-30/h5-8,13-20H,3-4,9-12,21-22H2,1-2H3/p+1. The second-order valence-corrected chi connectivity index (χ2v) is 13.4. The molecule has 1 aliphatic carbocycles. The van der Waals surface area contributed by atoms with Gasteiger partial charge in [-0.2, -0.15) is 13.0 Å². The van der Waals surface area contributed by atoms with Crippen LogP contribution in [0.2, 0.25) is 0 Å². The number of thioether (sulfide) groups is 1. The maximum atomic E-state index is 11.3. The first kappa shape index (κ1) is 28.7. The molecule has 0 atom stereocenters. The maximum absolute atomic E-state index is 11.3. The summed E-state index contributed by atoms with van der Waals surface area (Å²) in [6.07, 6.45) is 11.7. The van der Waals surface area contributed by atoms with Crippen LogP contribution in [0.5, 0.6) is 0 Å². The van der Waals surface area contributed by atoms with Crippen LogP contribution in [0, 0.1) is 0 Å². The van der Waals surface area contributed by atoms with Crippen molar-refractivity contribution in [3.63, 3.8) is 0 Å². The molecule has 0 fully saturated rings. The Morgan fingerprint density at radius 2 is 1.85 bits per heavy atom. The average molecular weight is 596 g/mol. The van der Waals surface area contributed by atoms with Crippen LogP contribution in [0.15, 0.2) is 93.6 Å². The Morgan fingerprint density at radius 3 is 2.65 bits per heavy atom. The Bertz CT molecular complexity index is 1620. The summed E-state index contributed by atoms with van der Waals surface area (Å²) in [6, 6.07) is 16.9. The van der Waals surface area contributed by atoms with Crippen molar-refractivity contribution in [1.29, 1.82) is 0 Å². The molecule has 0 radical (unpaired) electrons. The van der Waals surface area contributed by atoms with Gasteiger partial charge < -0.3 is 9.64 Å². The summed E-state index contributed by atoms with van der Waals surface area (Å²) in [4.78, 5) is 3.58. The highest BCUT2D eigenvalue weighted by molar-refractivity contribution is 8.03. The third-order valence-electron chi connectivity index (χ3n) is 7.03. The summed E-state index contributed by atoms with van der Waals surface area (Å²) in [6.45, 7) is 6.31. The number of allylic oxidation sites excluding steroid dienone is 5. The molecule has 1 aliphatic heterocycles. The lowest BCUT2D eigenvalue weighted by Gasteiger charge is -2.22. The number of thiazole rings is 1. The normalized spacial score (nSPS) is 18.0.